The van der Waals surface area contributed by atoms with E-state index in [4.69, 9.17) is 15.6 Å². The zero-order valence-corrected chi connectivity index (χ0v) is 32.7. The predicted molar refractivity (Wildman–Crippen MR) is 205 cm³/mol. The number of pyridine rings is 2. The lowest BCUT2D eigenvalue weighted by Gasteiger charge is -2.52. The number of aromatic nitrogens is 8. The van der Waals surface area contributed by atoms with Gasteiger partial charge in [0.1, 0.15) is 5.75 Å². The minimum Gasteiger partial charge on any atom is -0.497 e. The number of rotatable bonds is 10. The Kier molecular flexibility index (Phi) is 8.80. The van der Waals surface area contributed by atoms with Crippen LogP contribution in [0.15, 0.2) is 42.7 Å². The molecule has 0 unspecified atom stereocenters. The van der Waals surface area contributed by atoms with E-state index in [0.29, 0.717) is 18.7 Å². The molecule has 0 spiro atoms. The molecular weight excluding hydrogens is 762 g/mol. The van der Waals surface area contributed by atoms with Crippen molar-refractivity contribution in [1.29, 1.82) is 0 Å². The number of nitrogens with one attached hydrogen (secondary N) is 1. The predicted octanol–water partition coefficient (Wildman–Crippen LogP) is 6.01. The number of aromatic amines is 1. The van der Waals surface area contributed by atoms with Gasteiger partial charge in [-0.3, -0.25) is 9.78 Å². The summed E-state index contributed by atoms with van der Waals surface area (Å²) in [6.07, 6.45) is 10.7. The van der Waals surface area contributed by atoms with E-state index >= 15 is 0 Å². The van der Waals surface area contributed by atoms with Crippen LogP contribution in [0.2, 0.25) is 0 Å². The van der Waals surface area contributed by atoms with Gasteiger partial charge in [0.2, 0.25) is 0 Å². The average Bonchev–Trinajstić information content (AvgIpc) is 3.89. The van der Waals surface area contributed by atoms with Crippen LogP contribution in [0, 0.1) is 19.3 Å². The zero-order valence-electron chi connectivity index (χ0n) is 31.9. The van der Waals surface area contributed by atoms with Gasteiger partial charge >= 0.3 is 15.6 Å². The van der Waals surface area contributed by atoms with Gasteiger partial charge in [-0.05, 0) is 87.1 Å². The topological polar surface area (TPSA) is 172 Å². The molecule has 4 aliphatic rings. The quantitative estimate of drug-likeness (QED) is 0.123. The van der Waals surface area contributed by atoms with Crippen LogP contribution in [-0.4, -0.2) is 72.8 Å². The lowest BCUT2D eigenvalue weighted by molar-refractivity contribution is -0.0499. The Labute approximate surface area is 326 Å². The molecule has 6 aromatic rings. The molecule has 0 amide bonds. The number of nitrogens with zero attached hydrogens (tertiary/aromatic N) is 8. The number of nitrogens with two attached hydrogens (primary N) is 1. The smallest absolute Gasteiger partial charge is 0.497 e. The standard InChI is InChI=1S/C39H43F3N10O4S/c1-23-14-33(28-18-44-48-35(28)46-23)50-13-6-32-30(21-50)31(49-52(32)22-37-7-10-38(43,11-8-37)12-9-37)17-26-16-27(55-3)5-4-25(26)20-51-36-29(19-45-51)34(15-24(2)47-36)56-57(53,54)39(40,41)42/h4-5,14-16,18-19H,6-13,17,20-22,43H2,1-3H3,(H,44,46,48). The fourth-order valence-electron chi connectivity index (χ4n) is 9.06. The molecule has 6 heterocycles. The van der Waals surface area contributed by atoms with Crippen LogP contribution < -0.4 is 19.6 Å². The van der Waals surface area contributed by atoms with Gasteiger partial charge < -0.3 is 19.6 Å². The molecule has 10 rings (SSSR count). The number of anilines is 1. The average molecular weight is 805 g/mol. The number of hydrogen-bond acceptors (Lipinski definition) is 11. The number of aryl methyl sites for hydroxylation is 2. The van der Waals surface area contributed by atoms with Crippen LogP contribution in [0.1, 0.15) is 78.0 Å². The van der Waals surface area contributed by atoms with Gasteiger partial charge in [-0.15, -0.1) is 0 Å². The maximum Gasteiger partial charge on any atom is 0.534 e. The molecule has 0 saturated heterocycles. The molecule has 3 fully saturated rings. The molecule has 0 radical (unpaired) electrons. The first-order chi connectivity index (χ1) is 27.1. The molecule has 3 N–H and O–H groups in total. The lowest BCUT2D eigenvalue weighted by Crippen LogP contribution is -2.53. The maximum atomic E-state index is 13.3. The van der Waals surface area contributed by atoms with Crippen molar-refractivity contribution in [3.8, 4) is 11.5 Å². The molecule has 300 valence electrons. The third-order valence-electron chi connectivity index (χ3n) is 12.3. The molecule has 0 atom stereocenters. The van der Waals surface area contributed by atoms with Crippen LogP contribution in [0.3, 0.4) is 0 Å². The number of methoxy groups -OCH3 is 1. The number of ether oxygens (including phenoxy) is 1. The Bertz CT molecular complexity index is 2630. The van der Waals surface area contributed by atoms with Gasteiger partial charge in [0.05, 0.1) is 48.2 Å². The van der Waals surface area contributed by atoms with Crippen molar-refractivity contribution in [2.45, 2.75) is 95.9 Å². The normalized spacial score (nSPS) is 21.1. The number of H-pyrrole nitrogens is 1. The number of benzene rings is 1. The summed E-state index contributed by atoms with van der Waals surface area (Å²) in [5, 5.41) is 18.1. The summed E-state index contributed by atoms with van der Waals surface area (Å²) >= 11 is 0. The third-order valence-corrected chi connectivity index (χ3v) is 13.3. The van der Waals surface area contributed by atoms with Gasteiger partial charge in [0.25, 0.3) is 0 Å². The van der Waals surface area contributed by atoms with E-state index in [-0.39, 0.29) is 34.2 Å². The molecule has 5 aromatic heterocycles. The first-order valence-corrected chi connectivity index (χ1v) is 20.4. The molecular formula is C39H43F3N10O4S. The molecule has 18 heteroatoms. The van der Waals surface area contributed by atoms with Gasteiger partial charge in [0, 0.05) is 66.7 Å². The van der Waals surface area contributed by atoms with Crippen molar-refractivity contribution in [3.63, 3.8) is 0 Å². The second-order valence-electron chi connectivity index (χ2n) is 16.1. The summed E-state index contributed by atoms with van der Waals surface area (Å²) in [5.41, 5.74) is 9.51. The Balaban J connectivity index is 1.09. The molecule has 3 aliphatic carbocycles. The van der Waals surface area contributed by atoms with Gasteiger partial charge in [0.15, 0.2) is 17.0 Å². The Morgan fingerprint density at radius 3 is 2.44 bits per heavy atom. The minimum absolute atomic E-state index is 0.0335. The summed E-state index contributed by atoms with van der Waals surface area (Å²) < 4.78 is 77.7. The van der Waals surface area contributed by atoms with Crippen LogP contribution in [-0.2, 0) is 42.6 Å². The van der Waals surface area contributed by atoms with Crippen LogP contribution >= 0.6 is 0 Å². The molecule has 57 heavy (non-hydrogen) atoms. The Morgan fingerprint density at radius 1 is 0.947 bits per heavy atom. The largest absolute Gasteiger partial charge is 0.534 e. The van der Waals surface area contributed by atoms with E-state index in [9.17, 15) is 21.6 Å². The second kappa shape index (κ2) is 13.4. The lowest BCUT2D eigenvalue weighted by atomic mass is 9.57. The van der Waals surface area contributed by atoms with Crippen molar-refractivity contribution in [2.24, 2.45) is 11.1 Å². The van der Waals surface area contributed by atoms with Crippen LogP contribution in [0.5, 0.6) is 11.5 Å². The van der Waals surface area contributed by atoms with Crippen LogP contribution in [0.4, 0.5) is 18.9 Å². The van der Waals surface area contributed by atoms with Gasteiger partial charge in [-0.1, -0.05) is 6.07 Å². The van der Waals surface area contributed by atoms with E-state index in [1.807, 2.05) is 31.3 Å². The van der Waals surface area contributed by atoms with Crippen molar-refractivity contribution < 1.29 is 30.5 Å². The first kappa shape index (κ1) is 37.4. The fourth-order valence-corrected chi connectivity index (χ4v) is 9.53. The summed E-state index contributed by atoms with van der Waals surface area (Å²) in [6.45, 7) is 5.99. The van der Waals surface area contributed by atoms with E-state index in [1.165, 1.54) is 22.1 Å². The highest BCUT2D eigenvalue weighted by Gasteiger charge is 2.49. The number of halogens is 3. The van der Waals surface area contributed by atoms with E-state index in [1.54, 1.807) is 14.0 Å². The van der Waals surface area contributed by atoms with Crippen molar-refractivity contribution >= 4 is 37.9 Å². The molecule has 3 saturated carbocycles. The highest BCUT2D eigenvalue weighted by Crippen LogP contribution is 2.52. The van der Waals surface area contributed by atoms with Gasteiger partial charge in [-0.25, -0.2) is 14.6 Å². The SMILES string of the molecule is COc1ccc(Cn2ncc3c(OS(=O)(=O)C(F)(F)F)cc(C)nc32)c(Cc2nn(CC34CCC(N)(CC3)CC4)c3c2CN(c2cc(C)nc4[nH]ncc24)CC3)c1. The Hall–Kier alpha value is -5.23. The number of fused-ring (bicyclic) bond motifs is 6. The highest BCUT2D eigenvalue weighted by molar-refractivity contribution is 7.88. The summed E-state index contributed by atoms with van der Waals surface area (Å²) in [6, 6.07) is 8.99. The van der Waals surface area contributed by atoms with E-state index < -0.39 is 21.4 Å². The number of hydrogen-bond donors (Lipinski definition) is 2. The van der Waals surface area contributed by atoms with Crippen molar-refractivity contribution in [2.75, 3.05) is 18.6 Å². The van der Waals surface area contributed by atoms with Crippen molar-refractivity contribution in [3.05, 3.63) is 82.2 Å². The molecule has 1 aliphatic heterocycles. The monoisotopic (exact) mass is 804 g/mol. The summed E-state index contributed by atoms with van der Waals surface area (Å²) in [7, 11) is -4.31. The summed E-state index contributed by atoms with van der Waals surface area (Å²) in [5.74, 6) is 0.154. The third kappa shape index (κ3) is 6.75. The van der Waals surface area contributed by atoms with Gasteiger partial charge in [-0.2, -0.15) is 36.9 Å². The second-order valence-corrected chi connectivity index (χ2v) is 17.6. The Morgan fingerprint density at radius 2 is 1.70 bits per heavy atom. The zero-order chi connectivity index (χ0) is 39.9. The number of alkyl halides is 3. The van der Waals surface area contributed by atoms with Crippen LogP contribution in [0.25, 0.3) is 22.1 Å². The molecule has 14 nitrogen and oxygen atoms in total. The minimum atomic E-state index is -5.92. The fraction of sp³-hybridized carbons (Fsp3) is 0.462. The summed E-state index contributed by atoms with van der Waals surface area (Å²) in [4.78, 5) is 11.5. The maximum absolute atomic E-state index is 13.3. The molecule has 1 aromatic carbocycles. The van der Waals surface area contributed by atoms with E-state index in [0.717, 1.165) is 103 Å². The van der Waals surface area contributed by atoms with Crippen molar-refractivity contribution in [1.82, 2.24) is 39.7 Å². The first-order valence-electron chi connectivity index (χ1n) is 19.0. The molecule has 2 bridgehead atoms. The van der Waals surface area contributed by atoms with E-state index in [2.05, 4.69) is 45.1 Å². The highest BCUT2D eigenvalue weighted by atomic mass is 32.2.